The molecule has 0 aliphatic carbocycles. The highest BCUT2D eigenvalue weighted by Crippen LogP contribution is 2.24. The number of nitrogens with zero attached hydrogens (tertiary/aromatic N) is 2. The lowest BCUT2D eigenvalue weighted by atomic mass is 10.0. The minimum Gasteiger partial charge on any atom is -0.495 e. The van der Waals surface area contributed by atoms with E-state index in [4.69, 9.17) is 10.00 Å². The molecule has 2 aromatic rings. The summed E-state index contributed by atoms with van der Waals surface area (Å²) in [7, 11) is 1.59. The summed E-state index contributed by atoms with van der Waals surface area (Å²) >= 11 is 0. The summed E-state index contributed by atoms with van der Waals surface area (Å²) < 4.78 is 5.33. The summed E-state index contributed by atoms with van der Waals surface area (Å²) in [6.45, 7) is 3.49. The van der Waals surface area contributed by atoms with Gasteiger partial charge in [0.2, 0.25) is 0 Å². The molecule has 1 fully saturated rings. The molecule has 0 atom stereocenters. The number of nitrogens with one attached hydrogen (secondary N) is 2. The first-order valence-electron chi connectivity index (χ1n) is 10.2. The number of methoxy groups -OCH3 is 1. The highest BCUT2D eigenvalue weighted by atomic mass is 16.5. The van der Waals surface area contributed by atoms with E-state index in [0.717, 1.165) is 32.5 Å². The number of ether oxygens (including phenoxy) is 1. The Balaban J connectivity index is 1.61. The normalized spacial score (nSPS) is 18.5. The van der Waals surface area contributed by atoms with E-state index in [-0.39, 0.29) is 12.1 Å². The van der Waals surface area contributed by atoms with E-state index in [1.807, 2.05) is 35.2 Å². The number of carbonyl (C=O) groups is 1. The molecule has 0 saturated carbocycles. The average Bonchev–Trinajstić information content (AvgIpc) is 2.76. The number of anilines is 1. The Kier molecular flexibility index (Phi) is 7.48. The first-order valence-corrected chi connectivity index (χ1v) is 10.2. The number of nitriles is 1. The fourth-order valence-corrected chi connectivity index (χ4v) is 3.94. The van der Waals surface area contributed by atoms with Gasteiger partial charge in [0.25, 0.3) is 0 Å². The molecule has 1 heterocycles. The molecule has 2 amide bonds. The molecule has 2 aromatic carbocycles. The Hall–Kier alpha value is -3.04. The lowest BCUT2D eigenvalue weighted by molar-refractivity contribution is -0.919. The quantitative estimate of drug-likeness (QED) is 0.760. The largest absolute Gasteiger partial charge is 0.495 e. The van der Waals surface area contributed by atoms with E-state index in [9.17, 15) is 4.79 Å². The van der Waals surface area contributed by atoms with Crippen LogP contribution in [-0.4, -0.2) is 43.7 Å². The molecule has 1 saturated heterocycles. The van der Waals surface area contributed by atoms with E-state index in [1.165, 1.54) is 10.5 Å². The van der Waals surface area contributed by atoms with Gasteiger partial charge in [0, 0.05) is 31.0 Å². The van der Waals surface area contributed by atoms with Crippen LogP contribution in [0.25, 0.3) is 0 Å². The van der Waals surface area contributed by atoms with Crippen molar-refractivity contribution in [2.24, 2.45) is 0 Å². The molecule has 152 valence electrons. The molecule has 2 N–H and O–H groups in total. The van der Waals surface area contributed by atoms with Crippen molar-refractivity contribution in [3.05, 3.63) is 60.2 Å². The van der Waals surface area contributed by atoms with Crippen molar-refractivity contribution in [3.8, 4) is 11.8 Å². The summed E-state index contributed by atoms with van der Waals surface area (Å²) in [6, 6.07) is 20.1. The molecule has 0 unspecified atom stereocenters. The van der Waals surface area contributed by atoms with Crippen LogP contribution >= 0.6 is 0 Å². The van der Waals surface area contributed by atoms with Gasteiger partial charge in [-0.25, -0.2) is 4.79 Å². The molecule has 1 aliphatic rings. The van der Waals surface area contributed by atoms with Crippen molar-refractivity contribution in [1.82, 2.24) is 4.90 Å². The molecule has 0 aromatic heterocycles. The standard InChI is InChI=1S/C23H28N4O2/c1-29-22-11-6-5-10-21(22)25-23(28)27(15-7-14-24)20-12-16-26(17-13-20)18-19-8-3-2-4-9-19/h2-6,8-11,20H,7,12-13,15-18H2,1H3,(H,25,28)/p+1. The zero-order valence-electron chi connectivity index (χ0n) is 16.9. The monoisotopic (exact) mass is 393 g/mol. The van der Waals surface area contributed by atoms with Crippen molar-refractivity contribution in [1.29, 1.82) is 5.26 Å². The van der Waals surface area contributed by atoms with Gasteiger partial charge in [-0.3, -0.25) is 0 Å². The molecule has 6 nitrogen and oxygen atoms in total. The Bertz CT molecular complexity index is 826. The van der Waals surface area contributed by atoms with Crippen LogP contribution in [0.15, 0.2) is 54.6 Å². The lowest BCUT2D eigenvalue weighted by Crippen LogP contribution is -3.12. The van der Waals surface area contributed by atoms with Crippen molar-refractivity contribution in [2.75, 3.05) is 32.1 Å². The maximum atomic E-state index is 13.0. The molecule has 6 heteroatoms. The number of urea groups is 1. The van der Waals surface area contributed by atoms with Gasteiger partial charge in [-0.05, 0) is 12.1 Å². The van der Waals surface area contributed by atoms with Gasteiger partial charge >= 0.3 is 6.03 Å². The third-order valence-corrected chi connectivity index (χ3v) is 5.47. The zero-order valence-corrected chi connectivity index (χ0v) is 16.9. The second-order valence-electron chi connectivity index (χ2n) is 7.38. The first-order chi connectivity index (χ1) is 14.2. The number of benzene rings is 2. The van der Waals surface area contributed by atoms with Crippen LogP contribution in [0.2, 0.25) is 0 Å². The predicted molar refractivity (Wildman–Crippen MR) is 113 cm³/mol. The first kappa shape index (κ1) is 20.7. The molecule has 0 radical (unpaired) electrons. The summed E-state index contributed by atoms with van der Waals surface area (Å²) in [6.07, 6.45) is 2.20. The third kappa shape index (κ3) is 5.72. The number of piperidine rings is 1. The number of likely N-dealkylation sites (tertiary alicyclic amines) is 1. The van der Waals surface area contributed by atoms with E-state index in [1.54, 1.807) is 7.11 Å². The number of hydrogen-bond acceptors (Lipinski definition) is 3. The van der Waals surface area contributed by atoms with Gasteiger partial charge in [-0.2, -0.15) is 5.26 Å². The topological polar surface area (TPSA) is 69.8 Å². The van der Waals surface area contributed by atoms with Crippen molar-refractivity contribution >= 4 is 11.7 Å². The van der Waals surface area contributed by atoms with Gasteiger partial charge in [0.05, 0.1) is 38.4 Å². The van der Waals surface area contributed by atoms with Gasteiger partial charge < -0.3 is 19.9 Å². The summed E-state index contributed by atoms with van der Waals surface area (Å²) in [5, 5.41) is 12.0. The van der Waals surface area contributed by atoms with Gasteiger partial charge in [-0.1, -0.05) is 42.5 Å². The minimum atomic E-state index is -0.166. The molecule has 0 bridgehead atoms. The van der Waals surface area contributed by atoms with E-state index in [0.29, 0.717) is 24.4 Å². The van der Waals surface area contributed by atoms with Crippen LogP contribution in [0.1, 0.15) is 24.8 Å². The number of rotatable bonds is 7. The van der Waals surface area contributed by atoms with E-state index >= 15 is 0 Å². The highest BCUT2D eigenvalue weighted by Gasteiger charge is 2.30. The lowest BCUT2D eigenvalue weighted by Gasteiger charge is -2.36. The van der Waals surface area contributed by atoms with Crippen LogP contribution in [0.5, 0.6) is 5.75 Å². The Morgan fingerprint density at radius 1 is 1.17 bits per heavy atom. The molecule has 29 heavy (non-hydrogen) atoms. The summed E-state index contributed by atoms with van der Waals surface area (Å²) in [5.74, 6) is 0.628. The van der Waals surface area contributed by atoms with Crippen LogP contribution < -0.4 is 15.0 Å². The van der Waals surface area contributed by atoms with Crippen LogP contribution in [0.3, 0.4) is 0 Å². The molecular formula is C23H29N4O2+. The number of hydrogen-bond donors (Lipinski definition) is 2. The third-order valence-electron chi connectivity index (χ3n) is 5.47. The minimum absolute atomic E-state index is 0.151. The second kappa shape index (κ2) is 10.5. The fraction of sp³-hybridized carbons (Fsp3) is 0.391. The van der Waals surface area contributed by atoms with Crippen molar-refractivity contribution in [2.45, 2.75) is 31.8 Å². The second-order valence-corrected chi connectivity index (χ2v) is 7.38. The smallest absolute Gasteiger partial charge is 0.322 e. The summed E-state index contributed by atoms with van der Waals surface area (Å²) in [4.78, 5) is 16.4. The predicted octanol–water partition coefficient (Wildman–Crippen LogP) is 2.69. The van der Waals surface area contributed by atoms with Crippen LogP contribution in [0.4, 0.5) is 10.5 Å². The SMILES string of the molecule is COc1ccccc1NC(=O)N(CCC#N)C1CC[NH+](Cc2ccccc2)CC1. The maximum absolute atomic E-state index is 13.0. The van der Waals surface area contributed by atoms with Crippen molar-refractivity contribution < 1.29 is 14.4 Å². The van der Waals surface area contributed by atoms with Gasteiger partial charge in [0.15, 0.2) is 0 Å². The van der Waals surface area contributed by atoms with Gasteiger partial charge in [0.1, 0.15) is 12.3 Å². The van der Waals surface area contributed by atoms with Crippen LogP contribution in [-0.2, 0) is 6.54 Å². The Morgan fingerprint density at radius 3 is 2.55 bits per heavy atom. The van der Waals surface area contributed by atoms with Crippen molar-refractivity contribution in [3.63, 3.8) is 0 Å². The molecule has 0 spiro atoms. The van der Waals surface area contributed by atoms with E-state index < -0.39 is 0 Å². The fourth-order valence-electron chi connectivity index (χ4n) is 3.94. The highest BCUT2D eigenvalue weighted by molar-refractivity contribution is 5.91. The molecule has 1 aliphatic heterocycles. The van der Waals surface area contributed by atoms with Gasteiger partial charge in [-0.15, -0.1) is 0 Å². The van der Waals surface area contributed by atoms with Crippen LogP contribution in [0, 0.1) is 11.3 Å². The molecule has 3 rings (SSSR count). The maximum Gasteiger partial charge on any atom is 0.322 e. The number of amides is 2. The van der Waals surface area contributed by atoms with E-state index in [2.05, 4.69) is 35.7 Å². The Labute approximate surface area is 172 Å². The molecular weight excluding hydrogens is 364 g/mol. The summed E-state index contributed by atoms with van der Waals surface area (Å²) in [5.41, 5.74) is 1.99. The number of quaternary nitrogens is 1. The average molecular weight is 394 g/mol. The zero-order chi connectivity index (χ0) is 20.5. The number of carbonyl (C=O) groups excluding carboxylic acids is 1. The number of para-hydroxylation sites is 2. The Morgan fingerprint density at radius 2 is 1.86 bits per heavy atom.